The summed E-state index contributed by atoms with van der Waals surface area (Å²) in [6, 6.07) is 9.58. The van der Waals surface area contributed by atoms with E-state index in [9.17, 15) is 26.3 Å². The molecule has 180 valence electrons. The minimum absolute atomic E-state index is 0.104. The van der Waals surface area contributed by atoms with Crippen LogP contribution >= 0.6 is 0 Å². The molecule has 2 aromatic carbocycles. The van der Waals surface area contributed by atoms with Gasteiger partial charge in [0.2, 0.25) is 0 Å². The minimum atomic E-state index is -4.89. The molecule has 0 bridgehead atoms. The lowest BCUT2D eigenvalue weighted by Gasteiger charge is -2.43. The molecule has 33 heavy (non-hydrogen) atoms. The standard InChI is InChI=1S/C24H26F6N2O/c1-15(17-12-18(23(25,26)27)14-19(13-17)24(28,29)30)33-21-7-6-16-4-2-3-5-20(16)22(21)32-10-8-31-9-11-32/h2-5,12-15,21-22,31H,6-11H2,1H3/t15?,21-,22-/m1/s1. The maximum absolute atomic E-state index is 13.3. The fourth-order valence-electron chi connectivity index (χ4n) is 4.80. The van der Waals surface area contributed by atoms with Gasteiger partial charge < -0.3 is 10.1 Å². The van der Waals surface area contributed by atoms with Crippen molar-refractivity contribution in [3.63, 3.8) is 0 Å². The summed E-state index contributed by atoms with van der Waals surface area (Å²) in [6.45, 7) is 4.71. The fraction of sp³-hybridized carbons (Fsp3) is 0.500. The van der Waals surface area contributed by atoms with Crippen LogP contribution in [0.4, 0.5) is 26.3 Å². The third-order valence-electron chi connectivity index (χ3n) is 6.43. The summed E-state index contributed by atoms with van der Waals surface area (Å²) in [7, 11) is 0. The Morgan fingerprint density at radius 2 is 1.55 bits per heavy atom. The summed E-state index contributed by atoms with van der Waals surface area (Å²) in [5.41, 5.74) is -0.462. The lowest BCUT2D eigenvalue weighted by molar-refractivity contribution is -0.143. The molecule has 1 fully saturated rings. The van der Waals surface area contributed by atoms with E-state index in [2.05, 4.69) is 16.3 Å². The van der Waals surface area contributed by atoms with Crippen molar-refractivity contribution in [3.05, 3.63) is 70.3 Å². The second-order valence-electron chi connectivity index (χ2n) is 8.62. The van der Waals surface area contributed by atoms with Crippen LogP contribution in [-0.4, -0.2) is 37.2 Å². The Hall–Kier alpha value is -2.10. The summed E-state index contributed by atoms with van der Waals surface area (Å²) >= 11 is 0. The first-order valence-corrected chi connectivity index (χ1v) is 11.0. The van der Waals surface area contributed by atoms with Gasteiger partial charge in [0.15, 0.2) is 0 Å². The Bertz CT molecular complexity index is 936. The van der Waals surface area contributed by atoms with Crippen molar-refractivity contribution < 1.29 is 31.1 Å². The van der Waals surface area contributed by atoms with E-state index in [1.54, 1.807) is 0 Å². The molecule has 0 saturated carbocycles. The highest BCUT2D eigenvalue weighted by Crippen LogP contribution is 2.41. The van der Waals surface area contributed by atoms with Crippen molar-refractivity contribution in [2.24, 2.45) is 0 Å². The van der Waals surface area contributed by atoms with Crippen LogP contribution in [0.2, 0.25) is 0 Å². The number of hydrogen-bond acceptors (Lipinski definition) is 3. The van der Waals surface area contributed by atoms with Gasteiger partial charge in [0.05, 0.1) is 29.4 Å². The maximum atomic E-state index is 13.3. The molecule has 0 amide bonds. The Morgan fingerprint density at radius 3 is 2.15 bits per heavy atom. The van der Waals surface area contributed by atoms with Gasteiger partial charge in [-0.15, -0.1) is 0 Å². The quantitative estimate of drug-likeness (QED) is 0.573. The third kappa shape index (κ3) is 5.36. The average molecular weight is 472 g/mol. The summed E-state index contributed by atoms with van der Waals surface area (Å²) in [4.78, 5) is 2.29. The lowest BCUT2D eigenvalue weighted by atomic mass is 9.84. The van der Waals surface area contributed by atoms with Crippen molar-refractivity contribution in [1.29, 1.82) is 0 Å². The summed E-state index contributed by atoms with van der Waals surface area (Å²) < 4.78 is 86.1. The highest BCUT2D eigenvalue weighted by atomic mass is 19.4. The minimum Gasteiger partial charge on any atom is -0.369 e. The van der Waals surface area contributed by atoms with Crippen molar-refractivity contribution in [2.75, 3.05) is 26.2 Å². The zero-order valence-electron chi connectivity index (χ0n) is 18.1. The van der Waals surface area contributed by atoms with Crippen LogP contribution in [-0.2, 0) is 23.5 Å². The normalized spacial score (nSPS) is 23.2. The van der Waals surface area contributed by atoms with Crippen LogP contribution in [0.1, 0.15) is 53.3 Å². The SMILES string of the molecule is CC(O[C@@H]1CCc2ccccc2[C@H]1N1CCNCC1)c1cc(C(F)(F)F)cc(C(F)(F)F)c1. The van der Waals surface area contributed by atoms with E-state index in [4.69, 9.17) is 4.74 Å². The second-order valence-corrected chi connectivity index (χ2v) is 8.62. The molecule has 1 aliphatic carbocycles. The molecular formula is C24H26F6N2O. The Labute approximate surface area is 188 Å². The fourth-order valence-corrected chi connectivity index (χ4v) is 4.80. The van der Waals surface area contributed by atoms with E-state index in [0.29, 0.717) is 6.42 Å². The number of alkyl halides is 6. The second kappa shape index (κ2) is 9.27. The number of hydrogen-bond donors (Lipinski definition) is 1. The summed E-state index contributed by atoms with van der Waals surface area (Å²) in [5.74, 6) is 0. The van der Waals surface area contributed by atoms with Gasteiger partial charge in [-0.25, -0.2) is 0 Å². The monoisotopic (exact) mass is 472 g/mol. The molecule has 1 aliphatic heterocycles. The molecule has 1 heterocycles. The first kappa shape index (κ1) is 24.0. The summed E-state index contributed by atoms with van der Waals surface area (Å²) in [5, 5.41) is 3.30. The molecule has 0 spiro atoms. The molecule has 0 aromatic heterocycles. The highest BCUT2D eigenvalue weighted by molar-refractivity contribution is 5.36. The van der Waals surface area contributed by atoms with E-state index in [-0.39, 0.29) is 23.8 Å². The average Bonchev–Trinajstić information content (AvgIpc) is 2.78. The first-order chi connectivity index (χ1) is 15.5. The van der Waals surface area contributed by atoms with Gasteiger partial charge in [-0.2, -0.15) is 26.3 Å². The number of nitrogens with one attached hydrogen (secondary N) is 1. The topological polar surface area (TPSA) is 24.5 Å². The van der Waals surface area contributed by atoms with Crippen LogP contribution in [0.3, 0.4) is 0 Å². The number of ether oxygens (including phenoxy) is 1. The van der Waals surface area contributed by atoms with E-state index in [1.165, 1.54) is 12.5 Å². The highest BCUT2D eigenvalue weighted by Gasteiger charge is 2.39. The van der Waals surface area contributed by atoms with Crippen LogP contribution < -0.4 is 5.32 Å². The number of aryl methyl sites for hydroxylation is 1. The third-order valence-corrected chi connectivity index (χ3v) is 6.43. The number of halogens is 6. The smallest absolute Gasteiger partial charge is 0.369 e. The van der Waals surface area contributed by atoms with Crippen molar-refractivity contribution in [2.45, 2.75) is 50.4 Å². The zero-order chi connectivity index (χ0) is 23.8. The van der Waals surface area contributed by atoms with E-state index >= 15 is 0 Å². The predicted octanol–water partition coefficient (Wildman–Crippen LogP) is 5.76. The first-order valence-electron chi connectivity index (χ1n) is 11.0. The molecule has 2 aromatic rings. The van der Waals surface area contributed by atoms with Crippen molar-refractivity contribution >= 4 is 0 Å². The summed E-state index contributed by atoms with van der Waals surface area (Å²) in [6.07, 6.45) is -9.68. The van der Waals surface area contributed by atoms with E-state index in [1.807, 2.05) is 18.2 Å². The van der Waals surface area contributed by atoms with Crippen LogP contribution in [0.5, 0.6) is 0 Å². The lowest BCUT2D eigenvalue weighted by Crippen LogP contribution is -2.49. The molecule has 3 nitrogen and oxygen atoms in total. The van der Waals surface area contributed by atoms with Crippen LogP contribution in [0.15, 0.2) is 42.5 Å². The van der Waals surface area contributed by atoms with Gasteiger partial charge in [-0.1, -0.05) is 24.3 Å². The number of piperazine rings is 1. The van der Waals surface area contributed by atoms with E-state index < -0.39 is 29.6 Å². The molecule has 1 unspecified atom stereocenters. The molecule has 4 rings (SSSR count). The number of nitrogens with zero attached hydrogens (tertiary/aromatic N) is 1. The molecule has 9 heteroatoms. The molecule has 0 radical (unpaired) electrons. The largest absolute Gasteiger partial charge is 0.416 e. The van der Waals surface area contributed by atoms with Gasteiger partial charge in [0.1, 0.15) is 0 Å². The molecule has 1 saturated heterocycles. The Balaban J connectivity index is 1.65. The zero-order valence-corrected chi connectivity index (χ0v) is 18.1. The number of rotatable bonds is 4. The van der Waals surface area contributed by atoms with Gasteiger partial charge in [-0.3, -0.25) is 4.90 Å². The number of benzene rings is 2. The molecular weight excluding hydrogens is 446 g/mol. The van der Waals surface area contributed by atoms with Gasteiger partial charge in [0.25, 0.3) is 0 Å². The molecule has 3 atom stereocenters. The van der Waals surface area contributed by atoms with Crippen molar-refractivity contribution in [3.8, 4) is 0 Å². The maximum Gasteiger partial charge on any atom is 0.416 e. The molecule has 2 aliphatic rings. The molecule has 1 N–H and O–H groups in total. The van der Waals surface area contributed by atoms with Gasteiger partial charge >= 0.3 is 12.4 Å². The van der Waals surface area contributed by atoms with Crippen molar-refractivity contribution in [1.82, 2.24) is 10.2 Å². The predicted molar refractivity (Wildman–Crippen MR) is 112 cm³/mol. The van der Waals surface area contributed by atoms with E-state index in [0.717, 1.165) is 50.3 Å². The number of fused-ring (bicyclic) bond motifs is 1. The Kier molecular flexibility index (Phi) is 6.75. The van der Waals surface area contributed by atoms with Gasteiger partial charge in [0, 0.05) is 26.2 Å². The Morgan fingerprint density at radius 1 is 0.939 bits per heavy atom. The van der Waals surface area contributed by atoms with Crippen LogP contribution in [0, 0.1) is 0 Å². The van der Waals surface area contributed by atoms with Crippen LogP contribution in [0.25, 0.3) is 0 Å². The van der Waals surface area contributed by atoms with Gasteiger partial charge in [-0.05, 0) is 54.7 Å².